The van der Waals surface area contributed by atoms with Crippen molar-refractivity contribution in [3.05, 3.63) is 29.8 Å². The van der Waals surface area contributed by atoms with E-state index in [1.165, 1.54) is 0 Å². The Morgan fingerprint density at radius 2 is 1.68 bits per heavy atom. The maximum absolute atomic E-state index is 12.7. The fraction of sp³-hybridized carbons (Fsp3) is 0.650. The zero-order valence-electron chi connectivity index (χ0n) is 15.4. The quantitative estimate of drug-likeness (QED) is 0.867. The van der Waals surface area contributed by atoms with Crippen molar-refractivity contribution in [1.82, 2.24) is 5.32 Å². The molecule has 5 heteroatoms. The molecule has 1 fully saturated rings. The van der Waals surface area contributed by atoms with Gasteiger partial charge in [-0.1, -0.05) is 39.0 Å². The van der Waals surface area contributed by atoms with Gasteiger partial charge >= 0.3 is 0 Å². The van der Waals surface area contributed by atoms with Crippen LogP contribution in [0.25, 0.3) is 0 Å². The molecule has 138 valence electrons. The molecule has 2 aliphatic rings. The highest BCUT2D eigenvalue weighted by Gasteiger charge is 2.35. The standard InChI is InChI=1S/C20H29NO3S/c1-20(2,3)15-10-8-14(9-11-15)19(22)21-17-12-13-25(23,24)18-7-5-4-6-16(17)18/h4-7,14-15,17H,8-13H2,1-3H3,(H,21,22). The molecule has 1 saturated carbocycles. The number of fused-ring (bicyclic) bond motifs is 1. The Labute approximate surface area is 151 Å². The van der Waals surface area contributed by atoms with E-state index in [0.717, 1.165) is 31.2 Å². The van der Waals surface area contributed by atoms with Crippen LogP contribution in [0.3, 0.4) is 0 Å². The number of nitrogens with one attached hydrogen (secondary N) is 1. The van der Waals surface area contributed by atoms with Crippen molar-refractivity contribution in [2.24, 2.45) is 17.3 Å². The first-order valence-electron chi connectivity index (χ1n) is 9.30. The summed E-state index contributed by atoms with van der Waals surface area (Å²) < 4.78 is 24.4. The monoisotopic (exact) mass is 363 g/mol. The highest BCUT2D eigenvalue weighted by atomic mass is 32.2. The van der Waals surface area contributed by atoms with Gasteiger partial charge in [0.25, 0.3) is 0 Å². The van der Waals surface area contributed by atoms with Crippen LogP contribution < -0.4 is 5.32 Å². The van der Waals surface area contributed by atoms with Gasteiger partial charge in [0.15, 0.2) is 9.84 Å². The van der Waals surface area contributed by atoms with Gasteiger partial charge in [-0.3, -0.25) is 4.79 Å². The molecule has 1 N–H and O–H groups in total. The second-order valence-electron chi connectivity index (χ2n) is 8.62. The largest absolute Gasteiger partial charge is 0.349 e. The van der Waals surface area contributed by atoms with Crippen LogP contribution in [0.5, 0.6) is 0 Å². The van der Waals surface area contributed by atoms with Crippen LogP contribution in [-0.2, 0) is 14.6 Å². The van der Waals surface area contributed by atoms with E-state index in [0.29, 0.717) is 22.6 Å². The summed E-state index contributed by atoms with van der Waals surface area (Å²) in [6.45, 7) is 6.83. The van der Waals surface area contributed by atoms with Crippen molar-refractivity contribution in [3.8, 4) is 0 Å². The second kappa shape index (κ2) is 6.75. The molecular weight excluding hydrogens is 334 g/mol. The van der Waals surface area contributed by atoms with E-state index in [4.69, 9.17) is 0 Å². The Hall–Kier alpha value is -1.36. The number of hydrogen-bond acceptors (Lipinski definition) is 3. The van der Waals surface area contributed by atoms with Crippen molar-refractivity contribution < 1.29 is 13.2 Å². The van der Waals surface area contributed by atoms with Gasteiger partial charge in [-0.15, -0.1) is 0 Å². The average molecular weight is 364 g/mol. The fourth-order valence-corrected chi connectivity index (χ4v) is 5.87. The van der Waals surface area contributed by atoms with Crippen molar-refractivity contribution >= 4 is 15.7 Å². The number of amides is 1. The predicted molar refractivity (Wildman–Crippen MR) is 98.9 cm³/mol. The van der Waals surface area contributed by atoms with E-state index in [-0.39, 0.29) is 23.6 Å². The topological polar surface area (TPSA) is 63.2 Å². The molecule has 3 rings (SSSR count). The van der Waals surface area contributed by atoms with E-state index >= 15 is 0 Å². The van der Waals surface area contributed by atoms with Gasteiger partial charge in [-0.2, -0.15) is 0 Å². The second-order valence-corrected chi connectivity index (χ2v) is 10.7. The SMILES string of the molecule is CC(C)(C)C1CCC(C(=O)NC2CCS(=O)(=O)c3ccccc32)CC1. The summed E-state index contributed by atoms with van der Waals surface area (Å²) in [5, 5.41) is 3.13. The molecule has 1 aliphatic carbocycles. The van der Waals surface area contributed by atoms with Gasteiger partial charge in [0.1, 0.15) is 0 Å². The summed E-state index contributed by atoms with van der Waals surface area (Å²) in [6, 6.07) is 6.87. The molecule has 0 bridgehead atoms. The third-order valence-electron chi connectivity index (χ3n) is 5.94. The summed E-state index contributed by atoms with van der Waals surface area (Å²) in [5.74, 6) is 0.930. The first-order valence-corrected chi connectivity index (χ1v) is 11.0. The molecular formula is C20H29NO3S. The van der Waals surface area contributed by atoms with E-state index in [2.05, 4.69) is 26.1 Å². The van der Waals surface area contributed by atoms with E-state index in [1.807, 2.05) is 12.1 Å². The lowest BCUT2D eigenvalue weighted by Gasteiger charge is -2.37. The molecule has 1 aliphatic heterocycles. The van der Waals surface area contributed by atoms with Crippen molar-refractivity contribution in [3.63, 3.8) is 0 Å². The summed E-state index contributed by atoms with van der Waals surface area (Å²) in [7, 11) is -3.21. The van der Waals surface area contributed by atoms with Gasteiger partial charge in [0.2, 0.25) is 5.91 Å². The van der Waals surface area contributed by atoms with Gasteiger partial charge in [0, 0.05) is 5.92 Å². The van der Waals surface area contributed by atoms with E-state index in [1.54, 1.807) is 12.1 Å². The third-order valence-corrected chi connectivity index (χ3v) is 7.76. The van der Waals surface area contributed by atoms with Crippen LogP contribution in [0.4, 0.5) is 0 Å². The van der Waals surface area contributed by atoms with Crippen molar-refractivity contribution in [2.45, 2.75) is 63.8 Å². The Bertz CT molecular complexity index is 740. The maximum Gasteiger partial charge on any atom is 0.223 e. The lowest BCUT2D eigenvalue weighted by atomic mass is 9.69. The first kappa shape index (κ1) is 18.4. The predicted octanol–water partition coefficient (Wildman–Crippen LogP) is 3.87. The van der Waals surface area contributed by atoms with Crippen LogP contribution in [0, 0.1) is 17.3 Å². The van der Waals surface area contributed by atoms with E-state index in [9.17, 15) is 13.2 Å². The molecule has 0 aromatic heterocycles. The molecule has 1 aromatic carbocycles. The number of rotatable bonds is 2. The van der Waals surface area contributed by atoms with Crippen LogP contribution in [0.2, 0.25) is 0 Å². The number of benzene rings is 1. The molecule has 1 unspecified atom stereocenters. The zero-order chi connectivity index (χ0) is 18.2. The van der Waals surface area contributed by atoms with Gasteiger partial charge in [0.05, 0.1) is 16.7 Å². The van der Waals surface area contributed by atoms with Gasteiger partial charge in [-0.05, 0) is 55.1 Å². The Morgan fingerprint density at radius 1 is 1.04 bits per heavy atom. The average Bonchev–Trinajstić information content (AvgIpc) is 2.57. The smallest absolute Gasteiger partial charge is 0.223 e. The zero-order valence-corrected chi connectivity index (χ0v) is 16.2. The molecule has 0 spiro atoms. The van der Waals surface area contributed by atoms with Crippen LogP contribution in [-0.4, -0.2) is 20.1 Å². The van der Waals surface area contributed by atoms with Crippen LogP contribution in [0.15, 0.2) is 29.2 Å². The molecule has 1 heterocycles. The lowest BCUT2D eigenvalue weighted by molar-refractivity contribution is -0.127. The molecule has 0 saturated heterocycles. The molecule has 25 heavy (non-hydrogen) atoms. The summed E-state index contributed by atoms with van der Waals surface area (Å²) >= 11 is 0. The third kappa shape index (κ3) is 3.91. The summed E-state index contributed by atoms with van der Waals surface area (Å²) in [6.07, 6.45) is 4.51. The molecule has 0 radical (unpaired) electrons. The molecule has 1 aromatic rings. The summed E-state index contributed by atoms with van der Waals surface area (Å²) in [4.78, 5) is 13.1. The van der Waals surface area contributed by atoms with Crippen LogP contribution >= 0.6 is 0 Å². The summed E-state index contributed by atoms with van der Waals surface area (Å²) in [5.41, 5.74) is 1.04. The molecule has 1 amide bonds. The van der Waals surface area contributed by atoms with Crippen LogP contribution in [0.1, 0.15) is 64.5 Å². The number of carbonyl (C=O) groups is 1. The maximum atomic E-state index is 12.7. The van der Waals surface area contributed by atoms with Gasteiger partial charge in [-0.25, -0.2) is 8.42 Å². The minimum atomic E-state index is -3.21. The number of hydrogen-bond donors (Lipinski definition) is 1. The highest BCUT2D eigenvalue weighted by Crippen LogP contribution is 2.40. The van der Waals surface area contributed by atoms with Crippen molar-refractivity contribution in [1.29, 1.82) is 0 Å². The number of sulfone groups is 1. The lowest BCUT2D eigenvalue weighted by Crippen LogP contribution is -2.39. The van der Waals surface area contributed by atoms with Gasteiger partial charge < -0.3 is 5.32 Å². The normalized spacial score (nSPS) is 28.8. The minimum Gasteiger partial charge on any atom is -0.349 e. The number of carbonyl (C=O) groups excluding carboxylic acids is 1. The Morgan fingerprint density at radius 3 is 2.32 bits per heavy atom. The van der Waals surface area contributed by atoms with E-state index < -0.39 is 9.84 Å². The first-order chi connectivity index (χ1) is 11.7. The highest BCUT2D eigenvalue weighted by molar-refractivity contribution is 7.91. The Balaban J connectivity index is 1.67. The van der Waals surface area contributed by atoms with Crippen molar-refractivity contribution in [2.75, 3.05) is 5.75 Å². The molecule has 1 atom stereocenters. The fourth-order valence-electron chi connectivity index (χ4n) is 4.25. The Kier molecular flexibility index (Phi) is 4.97. The minimum absolute atomic E-state index is 0.0595. The molecule has 4 nitrogen and oxygen atoms in total.